The second-order valence-electron chi connectivity index (χ2n) is 7.05. The van der Waals surface area contributed by atoms with E-state index in [0.29, 0.717) is 10.7 Å². The minimum absolute atomic E-state index is 0.268. The SMILES string of the molecule is O=C1C2ON(c3ccccc3)C(c3ccncc3)C2C(=O)N1c1ccc(Cl)c(Cl)c1. The quantitative estimate of drug-likeness (QED) is 0.564. The number of anilines is 2. The normalized spacial score (nSPS) is 23.2. The molecule has 0 aliphatic carbocycles. The van der Waals surface area contributed by atoms with Crippen LogP contribution in [0.3, 0.4) is 0 Å². The molecule has 150 valence electrons. The molecule has 0 saturated carbocycles. The molecule has 5 rings (SSSR count). The van der Waals surface area contributed by atoms with Gasteiger partial charge in [-0.25, -0.2) is 9.96 Å². The van der Waals surface area contributed by atoms with Crippen LogP contribution in [0.5, 0.6) is 0 Å². The Bertz CT molecular complexity index is 1130. The van der Waals surface area contributed by atoms with Crippen LogP contribution >= 0.6 is 23.2 Å². The van der Waals surface area contributed by atoms with E-state index in [2.05, 4.69) is 4.98 Å². The van der Waals surface area contributed by atoms with Crippen molar-refractivity contribution in [2.24, 2.45) is 5.92 Å². The van der Waals surface area contributed by atoms with Gasteiger partial charge in [-0.3, -0.25) is 19.4 Å². The summed E-state index contributed by atoms with van der Waals surface area (Å²) in [5, 5.41) is 2.26. The van der Waals surface area contributed by atoms with Gasteiger partial charge in [0, 0.05) is 12.4 Å². The highest BCUT2D eigenvalue weighted by Crippen LogP contribution is 2.47. The molecule has 2 amide bonds. The largest absolute Gasteiger partial charge is 0.273 e. The van der Waals surface area contributed by atoms with Crippen molar-refractivity contribution in [1.82, 2.24) is 4.98 Å². The molecule has 0 spiro atoms. The Morgan fingerprint density at radius 3 is 2.27 bits per heavy atom. The molecule has 2 saturated heterocycles. The van der Waals surface area contributed by atoms with Crippen LogP contribution < -0.4 is 9.96 Å². The van der Waals surface area contributed by atoms with Crippen molar-refractivity contribution in [3.63, 3.8) is 0 Å². The monoisotopic (exact) mass is 439 g/mol. The van der Waals surface area contributed by atoms with Crippen molar-refractivity contribution < 1.29 is 14.4 Å². The summed E-state index contributed by atoms with van der Waals surface area (Å²) >= 11 is 12.1. The highest BCUT2D eigenvalue weighted by atomic mass is 35.5. The Morgan fingerprint density at radius 2 is 1.57 bits per heavy atom. The molecule has 8 heteroatoms. The molecule has 0 radical (unpaired) electrons. The summed E-state index contributed by atoms with van der Waals surface area (Å²) in [4.78, 5) is 37.9. The number of nitrogens with zero attached hydrogens (tertiary/aromatic N) is 3. The van der Waals surface area contributed by atoms with Crippen molar-refractivity contribution in [3.05, 3.63) is 88.7 Å². The number of imide groups is 1. The molecule has 2 aromatic carbocycles. The van der Waals surface area contributed by atoms with E-state index in [4.69, 9.17) is 28.0 Å². The van der Waals surface area contributed by atoms with Crippen LogP contribution in [-0.4, -0.2) is 22.9 Å². The lowest BCUT2D eigenvalue weighted by Gasteiger charge is -2.28. The maximum atomic E-state index is 13.5. The fraction of sp³-hybridized carbons (Fsp3) is 0.136. The van der Waals surface area contributed by atoms with Gasteiger partial charge in [0.05, 0.1) is 27.5 Å². The molecular formula is C22H15Cl2N3O3. The molecule has 2 aliphatic heterocycles. The van der Waals surface area contributed by atoms with Gasteiger partial charge in [-0.05, 0) is 48.0 Å². The molecule has 3 aromatic rings. The maximum Gasteiger partial charge on any atom is 0.266 e. The molecule has 0 N–H and O–H groups in total. The first-order chi connectivity index (χ1) is 14.6. The van der Waals surface area contributed by atoms with E-state index >= 15 is 0 Å². The highest BCUT2D eigenvalue weighted by Gasteiger charge is 2.60. The third-order valence-corrected chi connectivity index (χ3v) is 6.07. The lowest BCUT2D eigenvalue weighted by molar-refractivity contribution is -0.126. The zero-order chi connectivity index (χ0) is 20.8. The van der Waals surface area contributed by atoms with Crippen LogP contribution in [0.25, 0.3) is 0 Å². The lowest BCUT2D eigenvalue weighted by Crippen LogP contribution is -2.37. The van der Waals surface area contributed by atoms with Gasteiger partial charge in [0.1, 0.15) is 5.92 Å². The minimum atomic E-state index is -0.940. The van der Waals surface area contributed by atoms with E-state index in [1.807, 2.05) is 42.5 Å². The van der Waals surface area contributed by atoms with E-state index in [-0.39, 0.29) is 10.9 Å². The topological polar surface area (TPSA) is 62.7 Å². The first-order valence-electron chi connectivity index (χ1n) is 9.30. The van der Waals surface area contributed by atoms with Crippen molar-refractivity contribution in [3.8, 4) is 0 Å². The van der Waals surface area contributed by atoms with E-state index in [1.54, 1.807) is 29.6 Å². The zero-order valence-electron chi connectivity index (χ0n) is 15.5. The smallest absolute Gasteiger partial charge is 0.266 e. The molecule has 3 atom stereocenters. The Labute approximate surface area is 182 Å². The zero-order valence-corrected chi connectivity index (χ0v) is 17.0. The number of pyridine rings is 1. The third-order valence-electron chi connectivity index (χ3n) is 5.34. The van der Waals surface area contributed by atoms with Crippen LogP contribution in [0.1, 0.15) is 11.6 Å². The molecule has 30 heavy (non-hydrogen) atoms. The van der Waals surface area contributed by atoms with Gasteiger partial charge in [-0.15, -0.1) is 0 Å². The predicted molar refractivity (Wildman–Crippen MR) is 113 cm³/mol. The molecule has 0 bridgehead atoms. The summed E-state index contributed by atoms with van der Waals surface area (Å²) in [7, 11) is 0. The average molecular weight is 440 g/mol. The van der Waals surface area contributed by atoms with Gasteiger partial charge in [0.25, 0.3) is 5.91 Å². The average Bonchev–Trinajstić information content (AvgIpc) is 3.28. The van der Waals surface area contributed by atoms with Crippen LogP contribution in [-0.2, 0) is 14.4 Å². The lowest BCUT2D eigenvalue weighted by atomic mass is 9.91. The second kappa shape index (κ2) is 7.40. The highest BCUT2D eigenvalue weighted by molar-refractivity contribution is 6.42. The first-order valence-corrected chi connectivity index (χ1v) is 10.1. The van der Waals surface area contributed by atoms with Crippen molar-refractivity contribution in [1.29, 1.82) is 0 Å². The van der Waals surface area contributed by atoms with E-state index in [0.717, 1.165) is 16.2 Å². The van der Waals surface area contributed by atoms with Crippen LogP contribution in [0.4, 0.5) is 11.4 Å². The van der Waals surface area contributed by atoms with Gasteiger partial charge >= 0.3 is 0 Å². The maximum absolute atomic E-state index is 13.5. The summed E-state index contributed by atoms with van der Waals surface area (Å²) in [6.45, 7) is 0. The number of halogens is 2. The van der Waals surface area contributed by atoms with Gasteiger partial charge in [0.2, 0.25) is 5.91 Å². The Balaban J connectivity index is 1.58. The van der Waals surface area contributed by atoms with Crippen molar-refractivity contribution >= 4 is 46.4 Å². The first kappa shape index (κ1) is 19.1. The number of carbonyl (C=O) groups excluding carboxylic acids is 2. The number of hydrogen-bond donors (Lipinski definition) is 0. The number of amides is 2. The van der Waals surface area contributed by atoms with Crippen LogP contribution in [0, 0.1) is 5.92 Å². The van der Waals surface area contributed by atoms with Crippen LogP contribution in [0.15, 0.2) is 73.1 Å². The molecular weight excluding hydrogens is 425 g/mol. The van der Waals surface area contributed by atoms with Gasteiger partial charge in [-0.2, -0.15) is 0 Å². The number of para-hydroxylation sites is 1. The summed E-state index contributed by atoms with van der Waals surface area (Å²) < 4.78 is 0. The number of hydroxylamine groups is 1. The molecule has 2 fully saturated rings. The standard InChI is InChI=1S/C22H15Cl2N3O3/c23-16-7-6-15(12-17(16)24)26-21(28)18-19(13-8-10-25-11-9-13)27(30-20(18)22(26)29)14-4-2-1-3-5-14/h1-12,18-20H. The Kier molecular flexibility index (Phi) is 4.70. The molecule has 6 nitrogen and oxygen atoms in total. The third kappa shape index (κ3) is 2.96. The fourth-order valence-corrected chi connectivity index (χ4v) is 4.28. The van der Waals surface area contributed by atoms with E-state index in [1.165, 1.54) is 6.07 Å². The molecule has 1 aromatic heterocycles. The fourth-order valence-electron chi connectivity index (χ4n) is 3.99. The van der Waals surface area contributed by atoms with Crippen molar-refractivity contribution in [2.75, 3.05) is 9.96 Å². The Morgan fingerprint density at radius 1 is 0.833 bits per heavy atom. The number of aromatic nitrogens is 1. The summed E-state index contributed by atoms with van der Waals surface area (Å²) in [6.07, 6.45) is 2.37. The second-order valence-corrected chi connectivity index (χ2v) is 7.86. The van der Waals surface area contributed by atoms with E-state index < -0.39 is 24.0 Å². The number of fused-ring (bicyclic) bond motifs is 1. The summed E-state index contributed by atoms with van der Waals surface area (Å²) in [6, 6.07) is 17.2. The summed E-state index contributed by atoms with van der Waals surface area (Å²) in [5.74, 6) is -1.49. The number of hydrogen-bond acceptors (Lipinski definition) is 5. The number of carbonyl (C=O) groups is 2. The minimum Gasteiger partial charge on any atom is -0.273 e. The van der Waals surface area contributed by atoms with Gasteiger partial charge in [0.15, 0.2) is 6.10 Å². The molecule has 3 heterocycles. The molecule has 3 unspecified atom stereocenters. The van der Waals surface area contributed by atoms with Gasteiger partial charge < -0.3 is 0 Å². The number of rotatable bonds is 3. The van der Waals surface area contributed by atoms with E-state index in [9.17, 15) is 9.59 Å². The summed E-state index contributed by atoms with van der Waals surface area (Å²) in [5.41, 5.74) is 1.96. The van der Waals surface area contributed by atoms with Crippen molar-refractivity contribution in [2.45, 2.75) is 12.1 Å². The number of benzene rings is 2. The predicted octanol–water partition coefficient (Wildman–Crippen LogP) is 4.44. The Hall–Kier alpha value is -2.93. The van der Waals surface area contributed by atoms with Crippen LogP contribution in [0.2, 0.25) is 10.0 Å². The van der Waals surface area contributed by atoms with Gasteiger partial charge in [-0.1, -0.05) is 41.4 Å². The molecule has 2 aliphatic rings.